The number of carbonyl (C=O) groups is 2. The molecule has 5 fully saturated rings. The zero-order valence-corrected chi connectivity index (χ0v) is 49.3. The molecule has 12 N–H and O–H groups in total. The molecule has 17 atom stereocenters. The fourth-order valence-corrected chi connectivity index (χ4v) is 19.9. The van der Waals surface area contributed by atoms with E-state index in [1.165, 1.54) is 42.3 Å². The van der Waals surface area contributed by atoms with Gasteiger partial charge in [0.15, 0.2) is 23.6 Å². The number of ether oxygens (including phenoxy) is 1. The molecular formula is C70H89N5O9. The summed E-state index contributed by atoms with van der Waals surface area (Å²) in [5.41, 5.74) is 13.7. The zero-order valence-electron chi connectivity index (χ0n) is 49.3. The molecule has 1 saturated heterocycles. The lowest BCUT2D eigenvalue weighted by Gasteiger charge is -2.66. The predicted molar refractivity (Wildman–Crippen MR) is 323 cm³/mol. The van der Waals surface area contributed by atoms with Crippen LogP contribution in [0.4, 0.5) is 0 Å². The number of methoxy groups -OCH3 is 1. The molecule has 84 heavy (non-hydrogen) atoms. The molecule has 4 saturated carbocycles. The molecule has 3 aromatic carbocycles. The van der Waals surface area contributed by atoms with Gasteiger partial charge in [0, 0.05) is 66.9 Å². The molecule has 4 aromatic rings. The van der Waals surface area contributed by atoms with Gasteiger partial charge in [-0.25, -0.2) is 0 Å². The van der Waals surface area contributed by atoms with Gasteiger partial charge in [0.1, 0.15) is 11.2 Å². The van der Waals surface area contributed by atoms with Gasteiger partial charge in [-0.15, -0.1) is 0 Å². The summed E-state index contributed by atoms with van der Waals surface area (Å²) in [5, 5.41) is 83.8. The number of aliphatic hydroxyl groups excluding tert-OH is 4. The number of benzene rings is 3. The number of rotatable bonds is 16. The van der Waals surface area contributed by atoms with Crippen molar-refractivity contribution in [3.05, 3.63) is 117 Å². The molecule has 14 nitrogen and oxygen atoms in total. The van der Waals surface area contributed by atoms with Crippen LogP contribution in [-0.2, 0) is 22.4 Å². The number of hydrogen-bond acceptors (Lipinski definition) is 13. The summed E-state index contributed by atoms with van der Waals surface area (Å²) in [4.78, 5) is 33.8. The van der Waals surface area contributed by atoms with Crippen molar-refractivity contribution in [2.24, 2.45) is 63.9 Å². The van der Waals surface area contributed by atoms with Crippen molar-refractivity contribution in [3.8, 4) is 23.3 Å². The number of aromatic amines is 1. The highest BCUT2D eigenvalue weighted by Gasteiger charge is 2.68. The topological polar surface area (TPSA) is 243 Å². The van der Waals surface area contributed by atoms with Crippen molar-refractivity contribution in [1.29, 1.82) is 0 Å². The molecule has 14 heteroatoms. The Morgan fingerprint density at radius 3 is 2.49 bits per heavy atom. The number of piperidine rings is 1. The van der Waals surface area contributed by atoms with Gasteiger partial charge in [0.2, 0.25) is 0 Å². The first-order chi connectivity index (χ1) is 40.6. The van der Waals surface area contributed by atoms with E-state index >= 15 is 4.79 Å². The lowest BCUT2D eigenvalue weighted by Crippen LogP contribution is -2.68. The monoisotopic (exact) mass is 1140 g/mol. The average molecular weight is 1140 g/mol. The summed E-state index contributed by atoms with van der Waals surface area (Å²) in [7, 11) is 1.49. The SMILES string of the molecule is CCNC[C@@H]1[C@@H]2c3[nH]cc4c3[C@H]3[C@@H]5[C@@H]2[C@H](CN[C@H]5CC(=O)[C@H]3C2(CCCC2)C4)[C@@H](CCC(O)O)[C@@H]1[C@H]1CC[C@@]2(C#C[C@H](C[C@H](O)[C@H](O)C[C@@H](C3=C(CC)CNC(N)=C3)c3ccc4ccccc4c3)c3cc(O)c(OC)cc3CCC2=O)[C@H](O)C1. The number of carbonyl (C=O) groups excluding carboxylic acids is 2. The number of aliphatic hydroxyl groups is 5. The summed E-state index contributed by atoms with van der Waals surface area (Å²) in [5.74, 6) is 8.31. The largest absolute Gasteiger partial charge is 0.504 e. The van der Waals surface area contributed by atoms with Crippen molar-refractivity contribution in [2.45, 2.75) is 171 Å². The molecular weight excluding hydrogens is 1050 g/mol. The number of ketones is 2. The third-order valence-electron chi connectivity index (χ3n) is 23.4. The van der Waals surface area contributed by atoms with Gasteiger partial charge in [-0.3, -0.25) is 9.59 Å². The number of nitrogens with one attached hydrogen (secondary N) is 4. The molecule has 7 aliphatic carbocycles. The number of phenolic OH excluding ortho intramolecular Hbond substituents is 1. The predicted octanol–water partition coefficient (Wildman–Crippen LogP) is 8.00. The van der Waals surface area contributed by atoms with Gasteiger partial charge in [-0.2, -0.15) is 0 Å². The Hall–Kier alpha value is -5.50. The smallest absolute Gasteiger partial charge is 0.160 e. The highest BCUT2D eigenvalue weighted by Crippen LogP contribution is 2.71. The summed E-state index contributed by atoms with van der Waals surface area (Å²) >= 11 is 0. The lowest BCUT2D eigenvalue weighted by molar-refractivity contribution is -0.151. The van der Waals surface area contributed by atoms with E-state index in [2.05, 4.69) is 83.2 Å². The molecule has 0 bridgehead atoms. The van der Waals surface area contributed by atoms with E-state index in [0.717, 1.165) is 72.8 Å². The Kier molecular flexibility index (Phi) is 15.7. The molecule has 3 heterocycles. The van der Waals surface area contributed by atoms with Crippen LogP contribution < -0.4 is 26.4 Å². The molecule has 0 amide bonds. The Bertz CT molecular complexity index is 3290. The van der Waals surface area contributed by atoms with Gasteiger partial charge < -0.3 is 62.0 Å². The minimum atomic E-state index is -1.46. The lowest BCUT2D eigenvalue weighted by atomic mass is 9.39. The third-order valence-corrected chi connectivity index (χ3v) is 23.4. The zero-order chi connectivity index (χ0) is 58.3. The van der Waals surface area contributed by atoms with Gasteiger partial charge in [-0.05, 0) is 211 Å². The third kappa shape index (κ3) is 9.75. The van der Waals surface area contributed by atoms with Gasteiger partial charge in [-0.1, -0.05) is 81.0 Å². The maximum absolute atomic E-state index is 15.2. The summed E-state index contributed by atoms with van der Waals surface area (Å²) < 4.78 is 5.61. The fourth-order valence-electron chi connectivity index (χ4n) is 19.9. The van der Waals surface area contributed by atoms with Crippen LogP contribution in [0, 0.1) is 70.0 Å². The second-order valence-electron chi connectivity index (χ2n) is 27.3. The number of aromatic hydroxyl groups is 1. The summed E-state index contributed by atoms with van der Waals surface area (Å²) in [6.07, 6.45) is 8.75. The Morgan fingerprint density at radius 2 is 1.73 bits per heavy atom. The van der Waals surface area contributed by atoms with Crippen LogP contribution in [0.2, 0.25) is 0 Å². The van der Waals surface area contributed by atoms with Crippen molar-refractivity contribution in [2.75, 3.05) is 33.3 Å². The van der Waals surface area contributed by atoms with E-state index in [9.17, 15) is 35.4 Å². The van der Waals surface area contributed by atoms with Crippen molar-refractivity contribution in [1.82, 2.24) is 20.9 Å². The van der Waals surface area contributed by atoms with Crippen LogP contribution in [0.5, 0.6) is 11.5 Å². The van der Waals surface area contributed by atoms with Crippen LogP contribution in [-0.4, -0.2) is 111 Å². The number of Topliss-reactive ketones (excluding diaryl/α,β-unsaturated/α-hetero) is 2. The normalized spacial score (nSPS) is 33.9. The van der Waals surface area contributed by atoms with E-state index in [-0.39, 0.29) is 126 Å². The van der Waals surface area contributed by atoms with Crippen molar-refractivity contribution in [3.63, 3.8) is 0 Å². The van der Waals surface area contributed by atoms with Crippen LogP contribution in [0.1, 0.15) is 161 Å². The maximum atomic E-state index is 15.2. The number of aromatic nitrogens is 1. The Labute approximate surface area is 494 Å². The Morgan fingerprint density at radius 1 is 0.917 bits per heavy atom. The van der Waals surface area contributed by atoms with E-state index < -0.39 is 35.9 Å². The van der Waals surface area contributed by atoms with E-state index in [1.54, 1.807) is 12.1 Å². The second-order valence-corrected chi connectivity index (χ2v) is 27.3. The summed E-state index contributed by atoms with van der Waals surface area (Å²) in [6.45, 7) is 7.13. The molecule has 2 spiro atoms. The van der Waals surface area contributed by atoms with Crippen LogP contribution >= 0.6 is 0 Å². The van der Waals surface area contributed by atoms with E-state index in [0.29, 0.717) is 55.8 Å². The number of aryl methyl sites for hydroxylation is 1. The number of allylic oxidation sites excluding steroid dienone is 2. The quantitative estimate of drug-likeness (QED) is 0.0377. The van der Waals surface area contributed by atoms with Crippen molar-refractivity contribution >= 4 is 22.3 Å². The number of nitrogens with two attached hydrogens (primary N) is 1. The van der Waals surface area contributed by atoms with Gasteiger partial charge in [0.05, 0.1) is 31.2 Å². The fraction of sp³-hybridized carbons (Fsp3) is 0.600. The number of fused-ring (bicyclic) bond motifs is 4. The maximum Gasteiger partial charge on any atom is 0.160 e. The van der Waals surface area contributed by atoms with Crippen LogP contribution in [0.3, 0.4) is 0 Å². The number of H-pyrrole nitrogens is 1. The molecule has 1 aromatic heterocycles. The average Bonchev–Trinajstić information content (AvgIpc) is 1.41. The first kappa shape index (κ1) is 57.6. The van der Waals surface area contributed by atoms with E-state index in [1.807, 2.05) is 18.2 Å². The minimum Gasteiger partial charge on any atom is -0.504 e. The first-order valence-corrected chi connectivity index (χ1v) is 32.1. The highest BCUT2D eigenvalue weighted by atomic mass is 16.5. The molecule has 9 aliphatic rings. The minimum absolute atomic E-state index is 0.00875. The molecule has 13 rings (SSSR count). The highest BCUT2D eigenvalue weighted by molar-refractivity contribution is 5.89. The molecule has 2 aliphatic heterocycles. The molecule has 0 radical (unpaired) electrons. The summed E-state index contributed by atoms with van der Waals surface area (Å²) in [6, 6.07) is 18.0. The molecule has 0 unspecified atom stereocenters. The van der Waals surface area contributed by atoms with Crippen molar-refractivity contribution < 1.29 is 45.0 Å². The second kappa shape index (κ2) is 23.0. The van der Waals surface area contributed by atoms with Crippen LogP contribution in [0.25, 0.3) is 10.8 Å². The number of hydrogen-bond donors (Lipinski definition) is 11. The number of dihydropyridines is 1. The van der Waals surface area contributed by atoms with E-state index in [4.69, 9.17) is 10.5 Å². The van der Waals surface area contributed by atoms with Gasteiger partial charge >= 0.3 is 0 Å². The van der Waals surface area contributed by atoms with Gasteiger partial charge in [0.25, 0.3) is 0 Å². The number of phenols is 1. The Balaban J connectivity index is 0.837. The standard InChI is InChI=1S/C70H89N5O9/c1-4-37-33-74-59(71)30-48(37)47(40-13-12-38-10-6-7-11-39(38)24-40)29-53(77)52(76)25-42-18-22-70(57(80)16-14-41-26-56(84-3)54(78)28-46(41)42)23-19-43(27-58(70)81)61-45(15-17-60(82)83)49-36-73-51-31-55(79)67-66-62-44(32-69(67)20-8-9-21-69)34-75-68(62)64(63(49)65(51)66)50(61)35-72-5-2/h6-7,10-13,24,26,28,30,34,42-43,45,47,49-53,58,60-61,63-67,72-78,81-83H,4-5,8-9,14-17,19-21,23,25,27,29,31-33,35-36,71H2,1-3H3/t42-,43+,45-,47-,49-,50+,51+,52+,53-,58-,61+,63-,64+,65+,66+,67-,70-/m1/s1. The first-order valence-electron chi connectivity index (χ1n) is 32.1. The van der Waals surface area contributed by atoms with Crippen LogP contribution in [0.15, 0.2) is 83.8 Å². The molecule has 448 valence electrons.